The number of hydrogen-bond donors (Lipinski definition) is 3. The summed E-state index contributed by atoms with van der Waals surface area (Å²) < 4.78 is 0.697. The van der Waals surface area contributed by atoms with Crippen molar-refractivity contribution < 1.29 is 9.90 Å². The summed E-state index contributed by atoms with van der Waals surface area (Å²) in [6, 6.07) is 11.8. The second-order valence-corrected chi connectivity index (χ2v) is 5.80. The average molecular weight is 370 g/mol. The zero-order valence-corrected chi connectivity index (χ0v) is 13.6. The Morgan fingerprint density at radius 3 is 2.67 bits per heavy atom. The number of nitrogens with one attached hydrogen (secondary N) is 2. The Morgan fingerprint density at radius 2 is 2.00 bits per heavy atom. The second kappa shape index (κ2) is 6.93. The van der Waals surface area contributed by atoms with Gasteiger partial charge in [-0.1, -0.05) is 23.7 Å². The number of urea groups is 1. The number of hydrogen-bond acceptors (Lipinski definition) is 2. The van der Waals surface area contributed by atoms with Crippen molar-refractivity contribution in [2.45, 2.75) is 13.0 Å². The lowest BCUT2D eigenvalue weighted by Crippen LogP contribution is -2.19. The molecule has 0 spiro atoms. The van der Waals surface area contributed by atoms with E-state index >= 15 is 0 Å². The molecule has 2 amide bonds. The molecule has 0 aliphatic heterocycles. The molecular weight excluding hydrogens is 356 g/mol. The van der Waals surface area contributed by atoms with Crippen LogP contribution in [0.15, 0.2) is 46.9 Å². The molecule has 0 heterocycles. The van der Waals surface area contributed by atoms with Crippen molar-refractivity contribution in [2.24, 2.45) is 0 Å². The normalized spacial score (nSPS) is 11.8. The molecule has 6 heteroatoms. The molecule has 0 radical (unpaired) electrons. The summed E-state index contributed by atoms with van der Waals surface area (Å²) in [5.74, 6) is 0. The average Bonchev–Trinajstić information content (AvgIpc) is 2.42. The van der Waals surface area contributed by atoms with Gasteiger partial charge in [0.25, 0.3) is 0 Å². The summed E-state index contributed by atoms with van der Waals surface area (Å²) in [5.41, 5.74) is 1.96. The Morgan fingerprint density at radius 1 is 1.24 bits per heavy atom. The summed E-state index contributed by atoms with van der Waals surface area (Å²) in [4.78, 5) is 12.0. The first-order valence-corrected chi connectivity index (χ1v) is 7.44. The SMILES string of the molecule is CC(O)c1cccc(NC(=O)Nc2ccc(Cl)cc2Br)c1. The lowest BCUT2D eigenvalue weighted by atomic mass is 10.1. The number of halogens is 2. The van der Waals surface area contributed by atoms with Gasteiger partial charge in [-0.05, 0) is 58.7 Å². The highest BCUT2D eigenvalue weighted by atomic mass is 79.9. The van der Waals surface area contributed by atoms with Gasteiger partial charge >= 0.3 is 6.03 Å². The molecule has 0 saturated heterocycles. The van der Waals surface area contributed by atoms with E-state index in [2.05, 4.69) is 26.6 Å². The van der Waals surface area contributed by atoms with Gasteiger partial charge < -0.3 is 15.7 Å². The van der Waals surface area contributed by atoms with E-state index in [-0.39, 0.29) is 6.03 Å². The third kappa shape index (κ3) is 4.46. The van der Waals surface area contributed by atoms with Crippen molar-refractivity contribution in [3.63, 3.8) is 0 Å². The van der Waals surface area contributed by atoms with Gasteiger partial charge in [0, 0.05) is 15.2 Å². The van der Waals surface area contributed by atoms with E-state index in [0.717, 1.165) is 5.56 Å². The summed E-state index contributed by atoms with van der Waals surface area (Å²) in [6.45, 7) is 1.67. The first-order chi connectivity index (χ1) is 9.95. The number of carbonyl (C=O) groups excluding carboxylic acids is 1. The van der Waals surface area contributed by atoms with E-state index in [1.165, 1.54) is 0 Å². The van der Waals surface area contributed by atoms with Crippen LogP contribution in [-0.4, -0.2) is 11.1 Å². The molecule has 1 atom stereocenters. The molecular formula is C15H14BrClN2O2. The molecule has 0 aliphatic carbocycles. The number of aliphatic hydroxyl groups excluding tert-OH is 1. The topological polar surface area (TPSA) is 61.4 Å². The third-order valence-electron chi connectivity index (χ3n) is 2.81. The fourth-order valence-corrected chi connectivity index (χ4v) is 2.53. The Kier molecular flexibility index (Phi) is 5.22. The van der Waals surface area contributed by atoms with E-state index in [0.29, 0.717) is 20.9 Å². The maximum atomic E-state index is 12.0. The first kappa shape index (κ1) is 15.8. The Labute approximate surface area is 136 Å². The van der Waals surface area contributed by atoms with Gasteiger partial charge in [0.1, 0.15) is 0 Å². The molecule has 4 nitrogen and oxygen atoms in total. The van der Waals surface area contributed by atoms with Gasteiger partial charge in [-0.3, -0.25) is 0 Å². The van der Waals surface area contributed by atoms with E-state index in [1.54, 1.807) is 49.4 Å². The lowest BCUT2D eigenvalue weighted by molar-refractivity contribution is 0.199. The summed E-state index contributed by atoms with van der Waals surface area (Å²) in [6.07, 6.45) is -0.583. The number of anilines is 2. The van der Waals surface area contributed by atoms with E-state index < -0.39 is 6.10 Å². The molecule has 2 rings (SSSR count). The molecule has 0 bridgehead atoms. The van der Waals surface area contributed by atoms with Gasteiger partial charge in [0.2, 0.25) is 0 Å². The van der Waals surface area contributed by atoms with Crippen LogP contribution in [0.3, 0.4) is 0 Å². The van der Waals surface area contributed by atoms with Crippen LogP contribution in [0, 0.1) is 0 Å². The highest BCUT2D eigenvalue weighted by molar-refractivity contribution is 9.10. The minimum absolute atomic E-state index is 0.374. The number of aliphatic hydroxyl groups is 1. The van der Waals surface area contributed by atoms with Gasteiger partial charge in [-0.15, -0.1) is 0 Å². The van der Waals surface area contributed by atoms with Crippen molar-refractivity contribution in [3.05, 3.63) is 57.5 Å². The van der Waals surface area contributed by atoms with Crippen LogP contribution in [-0.2, 0) is 0 Å². The maximum absolute atomic E-state index is 12.0. The zero-order valence-electron chi connectivity index (χ0n) is 11.2. The van der Waals surface area contributed by atoms with Crippen LogP contribution in [0.5, 0.6) is 0 Å². The second-order valence-electron chi connectivity index (χ2n) is 4.50. The summed E-state index contributed by atoms with van der Waals surface area (Å²) in [5, 5.41) is 15.5. The van der Waals surface area contributed by atoms with Gasteiger partial charge in [-0.2, -0.15) is 0 Å². The molecule has 110 valence electrons. The van der Waals surface area contributed by atoms with Crippen molar-refractivity contribution in [1.82, 2.24) is 0 Å². The number of carbonyl (C=O) groups is 1. The summed E-state index contributed by atoms with van der Waals surface area (Å²) in [7, 11) is 0. The molecule has 2 aromatic carbocycles. The van der Waals surface area contributed by atoms with Crippen LogP contribution in [0.1, 0.15) is 18.6 Å². The predicted molar refractivity (Wildman–Crippen MR) is 88.9 cm³/mol. The fourth-order valence-electron chi connectivity index (χ4n) is 1.75. The smallest absolute Gasteiger partial charge is 0.323 e. The van der Waals surface area contributed by atoms with E-state index in [1.807, 2.05) is 0 Å². The number of rotatable bonds is 3. The van der Waals surface area contributed by atoms with Crippen LogP contribution < -0.4 is 10.6 Å². The monoisotopic (exact) mass is 368 g/mol. The highest BCUT2D eigenvalue weighted by Gasteiger charge is 2.07. The Hall–Kier alpha value is -1.56. The molecule has 0 aliphatic rings. The standard InChI is InChI=1S/C15H14BrClN2O2/c1-9(20)10-3-2-4-12(7-10)18-15(21)19-14-6-5-11(17)8-13(14)16/h2-9,20H,1H3,(H2,18,19,21). The Bertz CT molecular complexity index is 662. The molecule has 1 unspecified atom stereocenters. The van der Waals surface area contributed by atoms with Crippen molar-refractivity contribution in [2.75, 3.05) is 10.6 Å². The van der Waals surface area contributed by atoms with E-state index in [4.69, 9.17) is 11.6 Å². The molecule has 0 fully saturated rings. The van der Waals surface area contributed by atoms with Crippen molar-refractivity contribution >= 4 is 44.9 Å². The van der Waals surface area contributed by atoms with Crippen molar-refractivity contribution in [1.29, 1.82) is 0 Å². The van der Waals surface area contributed by atoms with Crippen LogP contribution in [0.2, 0.25) is 5.02 Å². The molecule has 21 heavy (non-hydrogen) atoms. The maximum Gasteiger partial charge on any atom is 0.323 e. The molecule has 0 aromatic heterocycles. The van der Waals surface area contributed by atoms with Crippen molar-refractivity contribution in [3.8, 4) is 0 Å². The zero-order chi connectivity index (χ0) is 15.4. The molecule has 0 saturated carbocycles. The van der Waals surface area contributed by atoms with E-state index in [9.17, 15) is 9.90 Å². The fraction of sp³-hybridized carbons (Fsp3) is 0.133. The predicted octanol–water partition coefficient (Wildman–Crippen LogP) is 4.80. The number of amides is 2. The van der Waals surface area contributed by atoms with Gasteiger partial charge in [-0.25, -0.2) is 4.79 Å². The summed E-state index contributed by atoms with van der Waals surface area (Å²) >= 11 is 9.18. The van der Waals surface area contributed by atoms with Crippen LogP contribution in [0.25, 0.3) is 0 Å². The quantitative estimate of drug-likeness (QED) is 0.728. The van der Waals surface area contributed by atoms with Crippen LogP contribution in [0.4, 0.5) is 16.2 Å². The molecule has 2 aromatic rings. The third-order valence-corrected chi connectivity index (χ3v) is 3.70. The Balaban J connectivity index is 2.06. The van der Waals surface area contributed by atoms with Crippen LogP contribution >= 0.6 is 27.5 Å². The largest absolute Gasteiger partial charge is 0.389 e. The lowest BCUT2D eigenvalue weighted by Gasteiger charge is -2.11. The minimum atomic E-state index is -0.583. The van der Waals surface area contributed by atoms with Gasteiger partial charge in [0.15, 0.2) is 0 Å². The number of benzene rings is 2. The highest BCUT2D eigenvalue weighted by Crippen LogP contribution is 2.26. The minimum Gasteiger partial charge on any atom is -0.389 e. The molecule has 3 N–H and O–H groups in total. The van der Waals surface area contributed by atoms with Gasteiger partial charge in [0.05, 0.1) is 11.8 Å². The first-order valence-electron chi connectivity index (χ1n) is 6.27.